The molecule has 0 fully saturated rings. The molecule has 5 nitrogen and oxygen atoms in total. The van der Waals surface area contributed by atoms with Crippen molar-refractivity contribution in [2.24, 2.45) is 5.73 Å². The Balaban J connectivity index is 3.99. The molecular formula is C10H21N3O2. The predicted molar refractivity (Wildman–Crippen MR) is 59.2 cm³/mol. The minimum Gasteiger partial charge on any atom is -0.368 e. The number of likely N-dealkylation sites (N-methyl/N-ethyl adjacent to an activating group) is 1. The van der Waals surface area contributed by atoms with Crippen molar-refractivity contribution in [3.8, 4) is 0 Å². The molecule has 15 heavy (non-hydrogen) atoms. The number of rotatable bonds is 7. The number of nitrogens with two attached hydrogens (primary N) is 1. The standard InChI is InChI=1S/C10H21N3O2/c1-4-8(3)12-6-10(15)13(5-2)7-9(11)14/h8,12H,4-7H2,1-3H3,(H2,11,14). The van der Waals surface area contributed by atoms with Crippen molar-refractivity contribution < 1.29 is 9.59 Å². The first-order valence-corrected chi connectivity index (χ1v) is 5.30. The molecule has 1 unspecified atom stereocenters. The molecule has 0 bridgehead atoms. The quantitative estimate of drug-likeness (QED) is 0.612. The highest BCUT2D eigenvalue weighted by Crippen LogP contribution is 1.91. The molecule has 0 aromatic heterocycles. The predicted octanol–water partition coefficient (Wildman–Crippen LogP) is -0.292. The van der Waals surface area contributed by atoms with Crippen molar-refractivity contribution in [2.75, 3.05) is 19.6 Å². The smallest absolute Gasteiger partial charge is 0.237 e. The van der Waals surface area contributed by atoms with Gasteiger partial charge in [0.1, 0.15) is 0 Å². The maximum absolute atomic E-state index is 11.6. The SMILES string of the molecule is CCC(C)NCC(=O)N(CC)CC(N)=O. The summed E-state index contributed by atoms with van der Waals surface area (Å²) >= 11 is 0. The topological polar surface area (TPSA) is 75.4 Å². The Bertz CT molecular complexity index is 219. The zero-order chi connectivity index (χ0) is 11.8. The van der Waals surface area contributed by atoms with Gasteiger partial charge in [-0.05, 0) is 20.3 Å². The molecule has 0 aromatic carbocycles. The molecule has 1 atom stereocenters. The molecule has 88 valence electrons. The van der Waals surface area contributed by atoms with Gasteiger partial charge in [-0.1, -0.05) is 6.92 Å². The van der Waals surface area contributed by atoms with Gasteiger partial charge in [-0.3, -0.25) is 9.59 Å². The second kappa shape index (κ2) is 7.23. The summed E-state index contributed by atoms with van der Waals surface area (Å²) in [6, 6.07) is 0.307. The van der Waals surface area contributed by atoms with Crippen LogP contribution in [0.5, 0.6) is 0 Å². The number of nitrogens with one attached hydrogen (secondary N) is 1. The van der Waals surface area contributed by atoms with Crippen molar-refractivity contribution in [1.29, 1.82) is 0 Å². The average Bonchev–Trinajstić information content (AvgIpc) is 2.21. The molecule has 3 N–H and O–H groups in total. The Morgan fingerprint density at radius 2 is 2.00 bits per heavy atom. The number of carbonyl (C=O) groups is 2. The van der Waals surface area contributed by atoms with Crippen LogP contribution in [0.3, 0.4) is 0 Å². The molecule has 5 heteroatoms. The zero-order valence-corrected chi connectivity index (χ0v) is 9.75. The summed E-state index contributed by atoms with van der Waals surface area (Å²) in [6.07, 6.45) is 0.967. The number of hydrogen-bond donors (Lipinski definition) is 2. The molecule has 0 heterocycles. The molecule has 0 rings (SSSR count). The molecule has 0 spiro atoms. The van der Waals surface area contributed by atoms with E-state index < -0.39 is 5.91 Å². The van der Waals surface area contributed by atoms with Gasteiger partial charge in [0.05, 0.1) is 13.1 Å². The van der Waals surface area contributed by atoms with Gasteiger partial charge in [0.15, 0.2) is 0 Å². The molecule has 0 radical (unpaired) electrons. The van der Waals surface area contributed by atoms with Crippen molar-refractivity contribution >= 4 is 11.8 Å². The van der Waals surface area contributed by atoms with E-state index in [1.807, 2.05) is 20.8 Å². The largest absolute Gasteiger partial charge is 0.368 e. The van der Waals surface area contributed by atoms with Gasteiger partial charge < -0.3 is 16.0 Å². The van der Waals surface area contributed by atoms with Crippen LogP contribution in [0.25, 0.3) is 0 Å². The van der Waals surface area contributed by atoms with E-state index in [1.165, 1.54) is 4.90 Å². The second-order valence-electron chi connectivity index (χ2n) is 3.56. The summed E-state index contributed by atoms with van der Waals surface area (Å²) in [6.45, 7) is 6.64. The molecule has 0 aromatic rings. The highest BCUT2D eigenvalue weighted by atomic mass is 16.2. The lowest BCUT2D eigenvalue weighted by atomic mass is 10.2. The maximum atomic E-state index is 11.6. The fraction of sp³-hybridized carbons (Fsp3) is 0.800. The average molecular weight is 215 g/mol. The van der Waals surface area contributed by atoms with Crippen molar-refractivity contribution in [3.63, 3.8) is 0 Å². The monoisotopic (exact) mass is 215 g/mol. The van der Waals surface area contributed by atoms with Crippen LogP contribution in [0.2, 0.25) is 0 Å². The van der Waals surface area contributed by atoms with E-state index in [1.54, 1.807) is 0 Å². The number of primary amides is 1. The van der Waals surface area contributed by atoms with Crippen molar-refractivity contribution in [3.05, 3.63) is 0 Å². The molecule has 0 saturated heterocycles. The van der Waals surface area contributed by atoms with Gasteiger partial charge in [-0.15, -0.1) is 0 Å². The fourth-order valence-corrected chi connectivity index (χ4v) is 1.08. The Morgan fingerprint density at radius 1 is 1.40 bits per heavy atom. The van der Waals surface area contributed by atoms with Crippen LogP contribution in [-0.2, 0) is 9.59 Å². The normalized spacial score (nSPS) is 12.2. The number of hydrogen-bond acceptors (Lipinski definition) is 3. The van der Waals surface area contributed by atoms with Crippen LogP contribution in [-0.4, -0.2) is 42.4 Å². The lowest BCUT2D eigenvalue weighted by molar-refractivity contribution is -0.134. The minimum atomic E-state index is -0.478. The van der Waals surface area contributed by atoms with E-state index in [9.17, 15) is 9.59 Å². The van der Waals surface area contributed by atoms with Crippen molar-refractivity contribution in [2.45, 2.75) is 33.2 Å². The maximum Gasteiger partial charge on any atom is 0.237 e. The minimum absolute atomic E-state index is 0.00246. The lowest BCUT2D eigenvalue weighted by Crippen LogP contribution is -2.44. The summed E-state index contributed by atoms with van der Waals surface area (Å²) in [5, 5.41) is 3.08. The summed E-state index contributed by atoms with van der Waals surface area (Å²) in [4.78, 5) is 23.7. The van der Waals surface area contributed by atoms with Gasteiger partial charge in [0, 0.05) is 12.6 Å². The number of nitrogens with zero attached hydrogens (tertiary/aromatic N) is 1. The first-order valence-electron chi connectivity index (χ1n) is 5.30. The Labute approximate surface area is 91.0 Å². The van der Waals surface area contributed by atoms with Gasteiger partial charge in [0.2, 0.25) is 11.8 Å². The number of carbonyl (C=O) groups excluding carboxylic acids is 2. The molecular weight excluding hydrogens is 194 g/mol. The molecule has 0 aliphatic rings. The van der Waals surface area contributed by atoms with Gasteiger partial charge >= 0.3 is 0 Å². The molecule has 0 saturated carbocycles. The van der Waals surface area contributed by atoms with Crippen LogP contribution >= 0.6 is 0 Å². The highest BCUT2D eigenvalue weighted by Gasteiger charge is 2.13. The Kier molecular flexibility index (Phi) is 6.70. The van der Waals surface area contributed by atoms with Crippen LogP contribution in [0.15, 0.2) is 0 Å². The Morgan fingerprint density at radius 3 is 2.40 bits per heavy atom. The summed E-state index contributed by atoms with van der Waals surface area (Å²) in [5.74, 6) is -0.565. The summed E-state index contributed by atoms with van der Waals surface area (Å²) in [5.41, 5.74) is 5.04. The molecule has 2 amide bonds. The van der Waals surface area contributed by atoms with Gasteiger partial charge in [-0.2, -0.15) is 0 Å². The summed E-state index contributed by atoms with van der Waals surface area (Å²) in [7, 11) is 0. The van der Waals surface area contributed by atoms with Gasteiger partial charge in [0.25, 0.3) is 0 Å². The van der Waals surface area contributed by atoms with Crippen molar-refractivity contribution in [1.82, 2.24) is 10.2 Å². The van der Waals surface area contributed by atoms with E-state index in [-0.39, 0.29) is 19.0 Å². The third kappa shape index (κ3) is 6.06. The highest BCUT2D eigenvalue weighted by molar-refractivity contribution is 5.84. The van der Waals surface area contributed by atoms with E-state index in [2.05, 4.69) is 5.32 Å². The first-order chi connectivity index (χ1) is 7.01. The number of amides is 2. The third-order valence-electron chi connectivity index (χ3n) is 2.30. The Hall–Kier alpha value is -1.10. The van der Waals surface area contributed by atoms with E-state index in [0.29, 0.717) is 12.6 Å². The van der Waals surface area contributed by atoms with Gasteiger partial charge in [-0.25, -0.2) is 0 Å². The fourth-order valence-electron chi connectivity index (χ4n) is 1.08. The van der Waals surface area contributed by atoms with E-state index in [4.69, 9.17) is 5.73 Å². The molecule has 0 aliphatic heterocycles. The van der Waals surface area contributed by atoms with E-state index in [0.717, 1.165) is 6.42 Å². The van der Waals surface area contributed by atoms with Crippen LogP contribution in [0, 0.1) is 0 Å². The lowest BCUT2D eigenvalue weighted by Gasteiger charge is -2.20. The zero-order valence-electron chi connectivity index (χ0n) is 9.75. The third-order valence-corrected chi connectivity index (χ3v) is 2.30. The van der Waals surface area contributed by atoms with Crippen LogP contribution in [0.4, 0.5) is 0 Å². The first kappa shape index (κ1) is 13.9. The molecule has 0 aliphatic carbocycles. The van der Waals surface area contributed by atoms with E-state index >= 15 is 0 Å². The van der Waals surface area contributed by atoms with Crippen LogP contribution in [0.1, 0.15) is 27.2 Å². The summed E-state index contributed by atoms with van der Waals surface area (Å²) < 4.78 is 0. The van der Waals surface area contributed by atoms with Crippen LogP contribution < -0.4 is 11.1 Å². The second-order valence-corrected chi connectivity index (χ2v) is 3.56.